The number of hydrogen-bond acceptors (Lipinski definition) is 4. The summed E-state index contributed by atoms with van der Waals surface area (Å²) >= 11 is 12.8. The molecule has 1 heterocycles. The van der Waals surface area contributed by atoms with Gasteiger partial charge in [0.2, 0.25) is 5.95 Å². The maximum Gasteiger partial charge on any atom is 0.303 e. The molecule has 3 rings (SSSR count). The molecule has 0 saturated heterocycles. The second-order valence-electron chi connectivity index (χ2n) is 7.86. The van der Waals surface area contributed by atoms with Gasteiger partial charge in [0.25, 0.3) is 0 Å². The predicted octanol–water partition coefficient (Wildman–Crippen LogP) is 7.17. The first-order valence-electron chi connectivity index (χ1n) is 10.8. The molecule has 0 aliphatic rings. The van der Waals surface area contributed by atoms with Crippen LogP contribution in [-0.4, -0.2) is 27.7 Å². The molecule has 2 N–H and O–H groups in total. The molecule has 0 radical (unpaired) electrons. The molecule has 0 fully saturated rings. The molecule has 8 heteroatoms. The number of benzene rings is 2. The third-order valence-corrected chi connectivity index (χ3v) is 6.32. The fraction of sp³-hybridized carbons (Fsp3) is 0.417. The minimum absolute atomic E-state index is 0.0727. The van der Waals surface area contributed by atoms with E-state index in [9.17, 15) is 4.79 Å². The summed E-state index contributed by atoms with van der Waals surface area (Å²) in [5.41, 5.74) is 4.49. The Bertz CT molecular complexity index is 1120. The highest BCUT2D eigenvalue weighted by molar-refractivity contribution is 6.35. The summed E-state index contributed by atoms with van der Waals surface area (Å²) in [5.74, 6) is 0.724. The average molecular weight is 478 g/mol. The second-order valence-corrected chi connectivity index (χ2v) is 8.70. The number of ether oxygens (including phenoxy) is 1. The molecule has 0 bridgehead atoms. The Hall–Kier alpha value is -2.44. The molecular formula is C24H29Cl2N3O3. The number of nitrogens with zero attached hydrogens (tertiary/aromatic N) is 2. The lowest BCUT2D eigenvalue weighted by Crippen LogP contribution is -2.09. The molecule has 0 unspecified atom stereocenters. The van der Waals surface area contributed by atoms with Gasteiger partial charge < -0.3 is 19.7 Å². The van der Waals surface area contributed by atoms with Crippen molar-refractivity contribution in [3.8, 4) is 5.75 Å². The Morgan fingerprint density at radius 1 is 1.25 bits per heavy atom. The third-order valence-electron chi connectivity index (χ3n) is 5.80. The van der Waals surface area contributed by atoms with Crippen molar-refractivity contribution >= 4 is 51.8 Å². The van der Waals surface area contributed by atoms with E-state index in [1.165, 1.54) is 5.56 Å². The Morgan fingerprint density at radius 3 is 2.59 bits per heavy atom. The van der Waals surface area contributed by atoms with E-state index < -0.39 is 5.97 Å². The molecule has 32 heavy (non-hydrogen) atoms. The van der Waals surface area contributed by atoms with Gasteiger partial charge in [0.05, 0.1) is 23.3 Å². The maximum atomic E-state index is 11.2. The van der Waals surface area contributed by atoms with Crippen LogP contribution >= 0.6 is 23.2 Å². The first kappa shape index (κ1) is 24.2. The number of aryl methyl sites for hydroxylation is 2. The number of halogens is 2. The Labute approximate surface area is 198 Å². The fourth-order valence-electron chi connectivity index (χ4n) is 4.14. The van der Waals surface area contributed by atoms with Gasteiger partial charge in [0.1, 0.15) is 11.3 Å². The van der Waals surface area contributed by atoms with Gasteiger partial charge in [0, 0.05) is 24.1 Å². The summed E-state index contributed by atoms with van der Waals surface area (Å²) in [6.07, 6.45) is 2.52. The monoisotopic (exact) mass is 477 g/mol. The number of rotatable bonds is 10. The number of carbonyl (C=O) groups is 1. The quantitative estimate of drug-likeness (QED) is 0.323. The summed E-state index contributed by atoms with van der Waals surface area (Å²) in [7, 11) is 1.59. The molecule has 2 aromatic carbocycles. The molecule has 0 spiro atoms. The number of aromatic nitrogens is 2. The predicted molar refractivity (Wildman–Crippen MR) is 131 cm³/mol. The fourth-order valence-corrected chi connectivity index (χ4v) is 4.60. The van der Waals surface area contributed by atoms with Crippen molar-refractivity contribution in [1.82, 2.24) is 9.55 Å². The first-order chi connectivity index (χ1) is 15.3. The molecule has 172 valence electrons. The zero-order chi connectivity index (χ0) is 23.4. The van der Waals surface area contributed by atoms with E-state index in [0.717, 1.165) is 29.6 Å². The van der Waals surface area contributed by atoms with Crippen molar-refractivity contribution in [2.45, 2.75) is 58.9 Å². The standard InChI is InChI=1S/C24H29Cl2N3O3/c1-5-15(6-2)17-9-10-18(26)22-23(17)29(11-7-8-20(30)31)24(28-22)27-21-14(3)12-16(25)13-19(21)32-4/h9-10,12-13,15H,5-8,11H2,1-4H3,(H,27,28)(H,30,31). The number of imidazole rings is 1. The van der Waals surface area contributed by atoms with Crippen LogP contribution in [0.2, 0.25) is 10.0 Å². The lowest BCUT2D eigenvalue weighted by molar-refractivity contribution is -0.137. The summed E-state index contributed by atoms with van der Waals surface area (Å²) in [5, 5.41) is 13.7. The van der Waals surface area contributed by atoms with Crippen molar-refractivity contribution in [3.05, 3.63) is 45.4 Å². The minimum Gasteiger partial charge on any atom is -0.495 e. The van der Waals surface area contributed by atoms with Crippen molar-refractivity contribution in [2.75, 3.05) is 12.4 Å². The summed E-state index contributed by atoms with van der Waals surface area (Å²) in [4.78, 5) is 16.0. The molecule has 0 saturated carbocycles. The lowest BCUT2D eigenvalue weighted by atomic mass is 9.93. The van der Waals surface area contributed by atoms with Crippen molar-refractivity contribution in [1.29, 1.82) is 0 Å². The van der Waals surface area contributed by atoms with Crippen molar-refractivity contribution < 1.29 is 14.6 Å². The number of anilines is 2. The molecule has 0 aliphatic heterocycles. The van der Waals surface area contributed by atoms with Crippen LogP contribution in [0.4, 0.5) is 11.6 Å². The Kier molecular flexibility index (Phi) is 7.91. The van der Waals surface area contributed by atoms with Gasteiger partial charge >= 0.3 is 5.97 Å². The van der Waals surface area contributed by atoms with E-state index in [2.05, 4.69) is 25.2 Å². The van der Waals surface area contributed by atoms with Crippen LogP contribution < -0.4 is 10.1 Å². The topological polar surface area (TPSA) is 76.4 Å². The van der Waals surface area contributed by atoms with Crippen LogP contribution in [-0.2, 0) is 11.3 Å². The van der Waals surface area contributed by atoms with Crippen LogP contribution in [0.5, 0.6) is 5.75 Å². The van der Waals surface area contributed by atoms with Crippen LogP contribution in [0.1, 0.15) is 56.6 Å². The van der Waals surface area contributed by atoms with Gasteiger partial charge in [-0.3, -0.25) is 4.79 Å². The molecule has 6 nitrogen and oxygen atoms in total. The van der Waals surface area contributed by atoms with E-state index in [4.69, 9.17) is 38.0 Å². The number of carboxylic acids is 1. The normalized spacial score (nSPS) is 11.3. The average Bonchev–Trinajstić information content (AvgIpc) is 3.11. The van der Waals surface area contributed by atoms with Crippen LogP contribution in [0.15, 0.2) is 24.3 Å². The Balaban J connectivity index is 2.20. The Morgan fingerprint density at radius 2 is 1.97 bits per heavy atom. The highest BCUT2D eigenvalue weighted by Gasteiger charge is 2.22. The van der Waals surface area contributed by atoms with Crippen LogP contribution in [0.3, 0.4) is 0 Å². The van der Waals surface area contributed by atoms with E-state index >= 15 is 0 Å². The molecule has 1 aromatic heterocycles. The van der Waals surface area contributed by atoms with Gasteiger partial charge in [-0.15, -0.1) is 0 Å². The second kappa shape index (κ2) is 10.5. The van der Waals surface area contributed by atoms with Crippen LogP contribution in [0.25, 0.3) is 11.0 Å². The molecule has 0 amide bonds. The largest absolute Gasteiger partial charge is 0.495 e. The van der Waals surface area contributed by atoms with Gasteiger partial charge in [-0.05, 0) is 55.4 Å². The molecule has 0 aliphatic carbocycles. The van der Waals surface area contributed by atoms with Gasteiger partial charge in [0.15, 0.2) is 0 Å². The zero-order valence-electron chi connectivity index (χ0n) is 18.8. The number of methoxy groups -OCH3 is 1. The summed E-state index contributed by atoms with van der Waals surface area (Å²) in [6.45, 7) is 6.77. The van der Waals surface area contributed by atoms with Gasteiger partial charge in [-0.25, -0.2) is 4.98 Å². The van der Waals surface area contributed by atoms with E-state index in [1.807, 2.05) is 23.6 Å². The van der Waals surface area contributed by atoms with Crippen molar-refractivity contribution in [3.63, 3.8) is 0 Å². The highest BCUT2D eigenvalue weighted by atomic mass is 35.5. The smallest absolute Gasteiger partial charge is 0.303 e. The van der Waals surface area contributed by atoms with E-state index in [-0.39, 0.29) is 6.42 Å². The number of fused-ring (bicyclic) bond motifs is 1. The summed E-state index contributed by atoms with van der Waals surface area (Å²) in [6, 6.07) is 7.56. The third kappa shape index (κ3) is 4.97. The maximum absolute atomic E-state index is 11.2. The number of carboxylic acid groups (broad SMARTS) is 1. The molecular weight excluding hydrogens is 449 g/mol. The van der Waals surface area contributed by atoms with Gasteiger partial charge in [-0.1, -0.05) is 43.1 Å². The zero-order valence-corrected chi connectivity index (χ0v) is 20.3. The lowest BCUT2D eigenvalue weighted by Gasteiger charge is -2.18. The highest BCUT2D eigenvalue weighted by Crippen LogP contribution is 2.39. The number of hydrogen-bond donors (Lipinski definition) is 2. The minimum atomic E-state index is -0.822. The van der Waals surface area contributed by atoms with Crippen molar-refractivity contribution in [2.24, 2.45) is 0 Å². The molecule has 0 atom stereocenters. The van der Waals surface area contributed by atoms with Crippen LogP contribution in [0, 0.1) is 6.92 Å². The number of aliphatic carboxylic acids is 1. The van der Waals surface area contributed by atoms with Gasteiger partial charge in [-0.2, -0.15) is 0 Å². The first-order valence-corrected chi connectivity index (χ1v) is 11.6. The van der Waals surface area contributed by atoms with E-state index in [0.29, 0.717) is 46.1 Å². The SMILES string of the molecule is CCC(CC)c1ccc(Cl)c2nc(Nc3c(C)cc(Cl)cc3OC)n(CCCC(=O)O)c12. The summed E-state index contributed by atoms with van der Waals surface area (Å²) < 4.78 is 7.59. The molecule has 3 aromatic rings. The van der Waals surface area contributed by atoms with E-state index in [1.54, 1.807) is 13.2 Å². The number of nitrogens with one attached hydrogen (secondary N) is 1.